The maximum Gasteiger partial charge on any atom is 0.274 e. The molecule has 1 unspecified atom stereocenters. The standard InChI is InChI=1S/C13H15N3O4/c1-3-15-12(17)7-10(13(15)18)14-9-5-4-8(2)11(6-9)16(19)20/h4-6,10,14H,3,7H2,1-2H3. The Bertz CT molecular complexity index is 585. The van der Waals surface area contributed by atoms with E-state index in [4.69, 9.17) is 0 Å². The van der Waals surface area contributed by atoms with Crippen molar-refractivity contribution in [2.24, 2.45) is 0 Å². The maximum absolute atomic E-state index is 11.9. The third-order valence-electron chi connectivity index (χ3n) is 3.31. The van der Waals surface area contributed by atoms with Crippen molar-refractivity contribution in [2.75, 3.05) is 11.9 Å². The summed E-state index contributed by atoms with van der Waals surface area (Å²) >= 11 is 0. The number of nitro benzene ring substituents is 1. The van der Waals surface area contributed by atoms with Gasteiger partial charge in [-0.15, -0.1) is 0 Å². The Kier molecular flexibility index (Phi) is 3.69. The number of imide groups is 1. The molecule has 1 heterocycles. The first-order valence-electron chi connectivity index (χ1n) is 6.29. The normalized spacial score (nSPS) is 18.5. The van der Waals surface area contributed by atoms with Gasteiger partial charge in [0.1, 0.15) is 6.04 Å². The first-order chi connectivity index (χ1) is 9.43. The number of nitrogens with zero attached hydrogens (tertiary/aromatic N) is 2. The number of likely N-dealkylation sites (N-methyl/N-ethyl adjacent to an activating group) is 1. The van der Waals surface area contributed by atoms with E-state index in [1.807, 2.05) is 0 Å². The molecule has 0 radical (unpaired) electrons. The van der Waals surface area contributed by atoms with Crippen molar-refractivity contribution in [1.29, 1.82) is 0 Å². The Hall–Kier alpha value is -2.44. The Morgan fingerprint density at radius 3 is 2.70 bits per heavy atom. The molecule has 1 fully saturated rings. The highest BCUT2D eigenvalue weighted by Gasteiger charge is 2.37. The minimum atomic E-state index is -0.648. The molecule has 2 amide bonds. The largest absolute Gasteiger partial charge is 0.373 e. The lowest BCUT2D eigenvalue weighted by Gasteiger charge is -2.14. The minimum absolute atomic E-state index is 0.0147. The summed E-state index contributed by atoms with van der Waals surface area (Å²) in [6.07, 6.45) is 0.0777. The van der Waals surface area contributed by atoms with Gasteiger partial charge in [0.05, 0.1) is 11.3 Å². The number of carbonyl (C=O) groups excluding carboxylic acids is 2. The summed E-state index contributed by atoms with van der Waals surface area (Å²) in [5.74, 6) is -0.516. The smallest absolute Gasteiger partial charge is 0.274 e. The van der Waals surface area contributed by atoms with Crippen LogP contribution in [-0.4, -0.2) is 34.2 Å². The van der Waals surface area contributed by atoms with Gasteiger partial charge in [0.25, 0.3) is 11.6 Å². The number of amides is 2. The number of rotatable bonds is 4. The number of likely N-dealkylation sites (tertiary alicyclic amines) is 1. The van der Waals surface area contributed by atoms with E-state index in [9.17, 15) is 19.7 Å². The zero-order valence-electron chi connectivity index (χ0n) is 11.3. The van der Waals surface area contributed by atoms with Gasteiger partial charge in [0, 0.05) is 23.9 Å². The molecule has 0 aromatic heterocycles. The number of hydrogen-bond donors (Lipinski definition) is 1. The fraction of sp³-hybridized carbons (Fsp3) is 0.385. The molecule has 0 bridgehead atoms. The topological polar surface area (TPSA) is 92.6 Å². The van der Waals surface area contributed by atoms with Crippen LogP contribution in [0.3, 0.4) is 0 Å². The highest BCUT2D eigenvalue weighted by Crippen LogP contribution is 2.24. The third-order valence-corrected chi connectivity index (χ3v) is 3.31. The van der Waals surface area contributed by atoms with Crippen molar-refractivity contribution in [3.05, 3.63) is 33.9 Å². The Morgan fingerprint density at radius 1 is 1.45 bits per heavy atom. The van der Waals surface area contributed by atoms with Gasteiger partial charge >= 0.3 is 0 Å². The quantitative estimate of drug-likeness (QED) is 0.511. The summed E-state index contributed by atoms with van der Waals surface area (Å²) in [5, 5.41) is 13.8. The van der Waals surface area contributed by atoms with Crippen molar-refractivity contribution in [2.45, 2.75) is 26.3 Å². The average molecular weight is 277 g/mol. The van der Waals surface area contributed by atoms with Gasteiger partial charge in [-0.3, -0.25) is 24.6 Å². The van der Waals surface area contributed by atoms with Gasteiger partial charge in [0.15, 0.2) is 0 Å². The second-order valence-electron chi connectivity index (χ2n) is 4.64. The summed E-state index contributed by atoms with van der Waals surface area (Å²) in [7, 11) is 0. The second kappa shape index (κ2) is 5.28. The first kappa shape index (κ1) is 14.0. The molecule has 1 saturated heterocycles. The van der Waals surface area contributed by atoms with Gasteiger partial charge in [-0.05, 0) is 19.9 Å². The van der Waals surface area contributed by atoms with E-state index in [0.717, 1.165) is 0 Å². The summed E-state index contributed by atoms with van der Waals surface area (Å²) < 4.78 is 0. The second-order valence-corrected chi connectivity index (χ2v) is 4.64. The number of nitro groups is 1. The van der Waals surface area contributed by atoms with E-state index in [1.54, 1.807) is 26.0 Å². The zero-order valence-corrected chi connectivity index (χ0v) is 11.3. The van der Waals surface area contributed by atoms with E-state index in [1.165, 1.54) is 11.0 Å². The van der Waals surface area contributed by atoms with Gasteiger partial charge in [-0.1, -0.05) is 6.07 Å². The molecule has 1 aromatic rings. The molecule has 106 valence electrons. The molecule has 0 aliphatic carbocycles. The van der Waals surface area contributed by atoms with Crippen LogP contribution in [0, 0.1) is 17.0 Å². The Labute approximate surface area is 115 Å². The van der Waals surface area contributed by atoms with Crippen LogP contribution in [0.2, 0.25) is 0 Å². The number of nitrogens with one attached hydrogen (secondary N) is 1. The SMILES string of the molecule is CCN1C(=O)CC(Nc2ccc(C)c([N+](=O)[O-])c2)C1=O. The lowest BCUT2D eigenvalue weighted by Crippen LogP contribution is -2.34. The molecule has 1 N–H and O–H groups in total. The number of hydrogen-bond acceptors (Lipinski definition) is 5. The van der Waals surface area contributed by atoms with Crippen LogP contribution in [0.4, 0.5) is 11.4 Å². The van der Waals surface area contributed by atoms with Gasteiger partial charge in [-0.25, -0.2) is 0 Å². The van der Waals surface area contributed by atoms with E-state index in [-0.39, 0.29) is 23.9 Å². The molecule has 1 aliphatic heterocycles. The van der Waals surface area contributed by atoms with Crippen molar-refractivity contribution in [3.63, 3.8) is 0 Å². The van der Waals surface area contributed by atoms with E-state index in [2.05, 4.69) is 5.32 Å². The van der Waals surface area contributed by atoms with Crippen LogP contribution in [0.15, 0.2) is 18.2 Å². The zero-order chi connectivity index (χ0) is 14.9. The van der Waals surface area contributed by atoms with Crippen molar-refractivity contribution >= 4 is 23.2 Å². The highest BCUT2D eigenvalue weighted by molar-refractivity contribution is 6.06. The number of benzene rings is 1. The molecule has 2 rings (SSSR count). The van der Waals surface area contributed by atoms with Crippen LogP contribution in [0.1, 0.15) is 18.9 Å². The summed E-state index contributed by atoms with van der Waals surface area (Å²) in [4.78, 5) is 35.1. The lowest BCUT2D eigenvalue weighted by molar-refractivity contribution is -0.385. The number of aryl methyl sites for hydroxylation is 1. The Morgan fingerprint density at radius 2 is 2.15 bits per heavy atom. The van der Waals surface area contributed by atoms with Crippen LogP contribution >= 0.6 is 0 Å². The maximum atomic E-state index is 11.9. The molecule has 7 heteroatoms. The molecular formula is C13H15N3O4. The van der Waals surface area contributed by atoms with E-state index >= 15 is 0 Å². The fourth-order valence-corrected chi connectivity index (χ4v) is 2.23. The monoisotopic (exact) mass is 277 g/mol. The average Bonchev–Trinajstić information content (AvgIpc) is 2.66. The first-order valence-corrected chi connectivity index (χ1v) is 6.29. The molecule has 1 aliphatic rings. The van der Waals surface area contributed by atoms with Gasteiger partial charge < -0.3 is 5.32 Å². The van der Waals surface area contributed by atoms with Crippen LogP contribution in [-0.2, 0) is 9.59 Å². The molecule has 0 spiro atoms. The van der Waals surface area contributed by atoms with Crippen LogP contribution in [0.25, 0.3) is 0 Å². The Balaban J connectivity index is 2.19. The predicted molar refractivity (Wildman–Crippen MR) is 72.3 cm³/mol. The molecule has 7 nitrogen and oxygen atoms in total. The number of anilines is 1. The predicted octanol–water partition coefficient (Wildman–Crippen LogP) is 1.46. The van der Waals surface area contributed by atoms with Crippen LogP contribution in [0.5, 0.6) is 0 Å². The number of carbonyl (C=O) groups is 2. The molecule has 1 atom stereocenters. The lowest BCUT2D eigenvalue weighted by atomic mass is 10.1. The fourth-order valence-electron chi connectivity index (χ4n) is 2.23. The van der Waals surface area contributed by atoms with Gasteiger partial charge in [0.2, 0.25) is 5.91 Å². The van der Waals surface area contributed by atoms with E-state index in [0.29, 0.717) is 17.8 Å². The molecule has 1 aromatic carbocycles. The van der Waals surface area contributed by atoms with Crippen molar-refractivity contribution < 1.29 is 14.5 Å². The molecule has 0 saturated carbocycles. The van der Waals surface area contributed by atoms with Crippen molar-refractivity contribution in [1.82, 2.24) is 4.90 Å². The van der Waals surface area contributed by atoms with E-state index < -0.39 is 11.0 Å². The summed E-state index contributed by atoms with van der Waals surface area (Å²) in [6.45, 7) is 3.71. The van der Waals surface area contributed by atoms with Gasteiger partial charge in [-0.2, -0.15) is 0 Å². The van der Waals surface area contributed by atoms with Crippen molar-refractivity contribution in [3.8, 4) is 0 Å². The van der Waals surface area contributed by atoms with Crippen LogP contribution < -0.4 is 5.32 Å². The third kappa shape index (κ3) is 2.47. The summed E-state index contributed by atoms with van der Waals surface area (Å²) in [6, 6.07) is 4.00. The minimum Gasteiger partial charge on any atom is -0.373 e. The highest BCUT2D eigenvalue weighted by atomic mass is 16.6. The molecular weight excluding hydrogens is 262 g/mol. The summed E-state index contributed by atoms with van der Waals surface area (Å²) in [5.41, 5.74) is 0.995. The molecule has 20 heavy (non-hydrogen) atoms.